The van der Waals surface area contributed by atoms with Gasteiger partial charge in [0.1, 0.15) is 0 Å². The highest BCUT2D eigenvalue weighted by atomic mass is 14.0. The third-order valence-electron chi connectivity index (χ3n) is 4.00. The van der Waals surface area contributed by atoms with E-state index in [4.69, 9.17) is 0 Å². The van der Waals surface area contributed by atoms with Crippen LogP contribution in [0, 0.1) is 0 Å². The summed E-state index contributed by atoms with van der Waals surface area (Å²) in [7, 11) is 0. The van der Waals surface area contributed by atoms with Crippen LogP contribution in [-0.2, 0) is 0 Å². The molecule has 0 fully saturated rings. The molecule has 0 nitrogen and oxygen atoms in total. The molecule has 0 aliphatic carbocycles. The summed E-state index contributed by atoms with van der Waals surface area (Å²) in [6.45, 7) is 4.50. The van der Waals surface area contributed by atoms with Gasteiger partial charge in [0.15, 0.2) is 0 Å². The zero-order valence-electron chi connectivity index (χ0n) is 15.4. The molecule has 0 rings (SSSR count). The summed E-state index contributed by atoms with van der Waals surface area (Å²) in [6, 6.07) is 0. The van der Waals surface area contributed by atoms with Crippen LogP contribution in [-0.4, -0.2) is 0 Å². The van der Waals surface area contributed by atoms with Crippen molar-refractivity contribution in [1.82, 2.24) is 0 Å². The van der Waals surface area contributed by atoms with Gasteiger partial charge in [0.2, 0.25) is 0 Å². The van der Waals surface area contributed by atoms with E-state index in [-0.39, 0.29) is 0 Å². The van der Waals surface area contributed by atoms with Crippen molar-refractivity contribution in [2.75, 3.05) is 0 Å². The highest BCUT2D eigenvalue weighted by Crippen LogP contribution is 2.11. The molecule has 0 saturated heterocycles. The molecule has 0 aliphatic heterocycles. The Kier molecular flexibility index (Phi) is 19.5. The van der Waals surface area contributed by atoms with Crippen molar-refractivity contribution in [3.8, 4) is 0 Å². The second kappa shape index (κ2) is 20.2. The van der Waals surface area contributed by atoms with E-state index in [0.717, 1.165) is 6.42 Å². The molecule has 0 saturated carbocycles. The largest absolute Gasteiger partial charge is 0.0882 e. The van der Waals surface area contributed by atoms with Gasteiger partial charge in [0.25, 0.3) is 0 Å². The number of hydrogen-bond acceptors (Lipinski definition) is 0. The number of allylic oxidation sites excluding steroid dienone is 6. The molecule has 0 heteroatoms. The van der Waals surface area contributed by atoms with Gasteiger partial charge in [-0.3, -0.25) is 0 Å². The van der Waals surface area contributed by atoms with Crippen LogP contribution in [0.25, 0.3) is 0 Å². The molecule has 0 atom stereocenters. The predicted molar refractivity (Wildman–Crippen MR) is 103 cm³/mol. The molecule has 22 heavy (non-hydrogen) atoms. The molecule has 0 radical (unpaired) electrons. The van der Waals surface area contributed by atoms with Crippen molar-refractivity contribution in [2.24, 2.45) is 0 Å². The fourth-order valence-corrected chi connectivity index (χ4v) is 2.54. The Morgan fingerprint density at radius 3 is 1.68 bits per heavy atom. The van der Waals surface area contributed by atoms with Crippen molar-refractivity contribution in [3.05, 3.63) is 36.5 Å². The van der Waals surface area contributed by atoms with Crippen LogP contribution < -0.4 is 0 Å². The maximum Gasteiger partial charge on any atom is -0.0166 e. The first-order valence-corrected chi connectivity index (χ1v) is 9.88. The van der Waals surface area contributed by atoms with Gasteiger partial charge in [-0.05, 0) is 25.7 Å². The van der Waals surface area contributed by atoms with Gasteiger partial charge >= 0.3 is 0 Å². The van der Waals surface area contributed by atoms with E-state index in [2.05, 4.69) is 50.3 Å². The van der Waals surface area contributed by atoms with E-state index in [1.54, 1.807) is 0 Å². The molecule has 0 aromatic heterocycles. The van der Waals surface area contributed by atoms with Gasteiger partial charge in [-0.15, -0.1) is 0 Å². The SMILES string of the molecule is CCC/C=C/C=C\C/C=C\CCCCCCCCCCCC. The molecule has 0 aromatic carbocycles. The normalized spacial score (nSPS) is 12.3. The minimum atomic E-state index is 1.08. The molecule has 0 aromatic rings. The smallest absolute Gasteiger partial charge is 0.0166 e. The van der Waals surface area contributed by atoms with E-state index < -0.39 is 0 Å². The minimum absolute atomic E-state index is 1.08. The molecule has 128 valence electrons. The van der Waals surface area contributed by atoms with Crippen LogP contribution >= 0.6 is 0 Å². The van der Waals surface area contributed by atoms with Gasteiger partial charge in [-0.1, -0.05) is 115 Å². The van der Waals surface area contributed by atoms with Crippen molar-refractivity contribution < 1.29 is 0 Å². The Labute approximate surface area is 140 Å². The van der Waals surface area contributed by atoms with E-state index in [1.165, 1.54) is 83.5 Å². The Bertz CT molecular complexity index is 270. The first-order valence-electron chi connectivity index (χ1n) is 9.88. The Morgan fingerprint density at radius 1 is 0.455 bits per heavy atom. The summed E-state index contributed by atoms with van der Waals surface area (Å²) in [5, 5.41) is 0. The summed E-state index contributed by atoms with van der Waals surface area (Å²) in [6.07, 6.45) is 32.5. The fraction of sp³-hybridized carbons (Fsp3) is 0.727. The topological polar surface area (TPSA) is 0 Å². The summed E-state index contributed by atoms with van der Waals surface area (Å²) in [4.78, 5) is 0. The zero-order valence-corrected chi connectivity index (χ0v) is 15.4. The molecule has 0 unspecified atom stereocenters. The van der Waals surface area contributed by atoms with E-state index >= 15 is 0 Å². The highest BCUT2D eigenvalue weighted by Gasteiger charge is 1.91. The van der Waals surface area contributed by atoms with Gasteiger partial charge in [-0.2, -0.15) is 0 Å². The first-order chi connectivity index (χ1) is 10.9. The lowest BCUT2D eigenvalue weighted by molar-refractivity contribution is 0.557. The van der Waals surface area contributed by atoms with Crippen LogP contribution in [0.2, 0.25) is 0 Å². The third-order valence-corrected chi connectivity index (χ3v) is 4.00. The highest BCUT2D eigenvalue weighted by molar-refractivity contribution is 5.04. The average molecular weight is 305 g/mol. The summed E-state index contributed by atoms with van der Waals surface area (Å²) in [5.74, 6) is 0. The van der Waals surface area contributed by atoms with E-state index in [9.17, 15) is 0 Å². The molecule has 0 spiro atoms. The Morgan fingerprint density at radius 2 is 1.05 bits per heavy atom. The predicted octanol–water partition coefficient (Wildman–Crippen LogP) is 8.16. The monoisotopic (exact) mass is 304 g/mol. The molecular weight excluding hydrogens is 264 g/mol. The quantitative estimate of drug-likeness (QED) is 0.153. The van der Waals surface area contributed by atoms with Crippen molar-refractivity contribution in [2.45, 2.75) is 104 Å². The van der Waals surface area contributed by atoms with E-state index in [1.807, 2.05) is 0 Å². The Hall–Kier alpha value is -0.780. The second-order valence-electron chi connectivity index (χ2n) is 6.32. The Balaban J connectivity index is 3.17. The van der Waals surface area contributed by atoms with Crippen LogP contribution in [0.3, 0.4) is 0 Å². The van der Waals surface area contributed by atoms with Gasteiger partial charge < -0.3 is 0 Å². The molecule has 0 heterocycles. The minimum Gasteiger partial charge on any atom is -0.0882 e. The maximum absolute atomic E-state index is 2.35. The van der Waals surface area contributed by atoms with Crippen molar-refractivity contribution >= 4 is 0 Å². The summed E-state index contributed by atoms with van der Waals surface area (Å²) in [5.41, 5.74) is 0. The third kappa shape index (κ3) is 19.2. The number of rotatable bonds is 16. The standard InChI is InChI=1S/C22H40/c1-3-5-7-9-11-13-15-17-19-21-22-20-18-16-14-12-10-8-6-4-2/h7,9,11,13,17,19H,3-6,8,10,12,14-16,18,20-22H2,1-2H3/b9-7+,13-11-,19-17-. The van der Waals surface area contributed by atoms with Crippen LogP contribution in [0.5, 0.6) is 0 Å². The molecule has 0 amide bonds. The lowest BCUT2D eigenvalue weighted by Gasteiger charge is -2.01. The van der Waals surface area contributed by atoms with Gasteiger partial charge in [0, 0.05) is 0 Å². The maximum atomic E-state index is 2.35. The molecular formula is C22H40. The molecule has 0 bridgehead atoms. The fourth-order valence-electron chi connectivity index (χ4n) is 2.54. The molecule has 0 aliphatic rings. The zero-order chi connectivity index (χ0) is 16.1. The van der Waals surface area contributed by atoms with Crippen LogP contribution in [0.1, 0.15) is 104 Å². The lowest BCUT2D eigenvalue weighted by Crippen LogP contribution is -1.81. The van der Waals surface area contributed by atoms with E-state index in [0.29, 0.717) is 0 Å². The number of hydrogen-bond donors (Lipinski definition) is 0. The van der Waals surface area contributed by atoms with Gasteiger partial charge in [-0.25, -0.2) is 0 Å². The summed E-state index contributed by atoms with van der Waals surface area (Å²) >= 11 is 0. The number of unbranched alkanes of at least 4 members (excludes halogenated alkanes) is 11. The van der Waals surface area contributed by atoms with Gasteiger partial charge in [0.05, 0.1) is 0 Å². The summed E-state index contributed by atoms with van der Waals surface area (Å²) < 4.78 is 0. The van der Waals surface area contributed by atoms with Crippen LogP contribution in [0.4, 0.5) is 0 Å². The van der Waals surface area contributed by atoms with Crippen molar-refractivity contribution in [1.29, 1.82) is 0 Å². The molecule has 0 N–H and O–H groups in total. The average Bonchev–Trinajstić information content (AvgIpc) is 2.54. The first kappa shape index (κ1) is 21.2. The lowest BCUT2D eigenvalue weighted by atomic mass is 10.1. The van der Waals surface area contributed by atoms with Crippen LogP contribution in [0.15, 0.2) is 36.5 Å². The van der Waals surface area contributed by atoms with Crippen molar-refractivity contribution in [3.63, 3.8) is 0 Å². The second-order valence-corrected chi connectivity index (χ2v) is 6.32.